The van der Waals surface area contributed by atoms with E-state index in [1.807, 2.05) is 6.92 Å². The Morgan fingerprint density at radius 3 is 0.340 bits per heavy atom. The summed E-state index contributed by atoms with van der Waals surface area (Å²) in [4.78, 5) is 0. The van der Waals surface area contributed by atoms with Crippen LogP contribution in [-0.2, 0) is 20.7 Å². The van der Waals surface area contributed by atoms with Crippen LogP contribution in [-0.4, -0.2) is 35.8 Å². The molecule has 0 saturated carbocycles. The molecule has 6 nitrogen and oxygen atoms in total. The van der Waals surface area contributed by atoms with Gasteiger partial charge in [0.1, 0.15) is 5.75 Å². The first kappa shape index (κ1) is 124. The third kappa shape index (κ3) is 140. The second kappa shape index (κ2) is 118. The quantitative estimate of drug-likeness (QED) is 0.127. The van der Waals surface area contributed by atoms with Crippen molar-refractivity contribution in [2.75, 3.05) is 10.2 Å². The van der Waals surface area contributed by atoms with Crippen LogP contribution in [0.3, 0.4) is 0 Å². The Labute approximate surface area is 830 Å². The average molecular weight is 1910 g/mol. The lowest BCUT2D eigenvalue weighted by atomic mass is 10.4. The molecule has 0 aromatic carbocycles. The minimum Gasteiger partial charge on any atom is -1.00 e. The SMILES string of the molecule is C=C=C=C=C=C=C=C=C=C=C=C=C=C=C=C=C=C=C=C=C=C=C=C=C=C=C=C=C=C=C=C=C=C=C=C=C=C=C=C=C=C=C=C=C=C=C=C=C=C=C=C=C=C=C=C=C=C=C=C(C)CI.C=C=C=C=C=C=C=C=C=C=C=C=C=C=C=C=C=C=C=C=C=C=C=C=C=C=C=C=C=C=C=C=C=C=C=C=C=C=C=C=C=C=C=C=C=C=C=C=C=C=C=C=C=C=C=C=C=C=C=C(C)CS(=O)(=O)O.CCCC.CCCC.O=S(=O)=O.[H-]. The van der Waals surface area contributed by atoms with Crippen molar-refractivity contribution < 1.29 is 27.0 Å². The lowest BCUT2D eigenvalue weighted by Gasteiger charge is -1.90. The van der Waals surface area contributed by atoms with Crippen LogP contribution in [0.2, 0.25) is 0 Å². The summed E-state index contributed by atoms with van der Waals surface area (Å²) >= 11 is 2.23. The standard InChI is InChI=1S/C62H7I.C62H8O3S.2C4H10.O3S.H/c1-3-4-5-6-7-8-9-10-11-12-13-14-15-16-17-18-19-20-21-22-23-24-25-26-27-28-29-30-31-32-33-34-35-36-37-38-39-40-41-42-43-44-45-46-47-48-49-50-51-52-53-54-55-56-57-58-59-60-62(2)61-63;1-3-4-5-6-7-8-9-10-11-12-13-14-15-16-17-18-19-20-21-22-23-24-25-26-27-28-29-30-31-32-33-34-35-36-37-38-39-40-41-42-43-44-45-46-47-48-49-50-51-52-53-54-55-56-57-58-59-60-62(2)61-66(63,64)65;2*1-3-4-2;1-4(2)3;/h1,61H2,2H3;1,61H2,2H3,(H,63,64,65);2*3-4H2,1-2H3;;/q;;;;;-1. The Morgan fingerprint density at radius 2 is 0.270 bits per heavy atom. The van der Waals surface area contributed by atoms with Gasteiger partial charge in [-0.25, -0.2) is 0 Å². The molecule has 0 atom stereocenters. The Bertz CT molecular complexity index is 10700. The summed E-state index contributed by atoms with van der Waals surface area (Å²) in [7, 11) is -7.23. The molecule has 0 aliphatic heterocycles. The lowest BCUT2D eigenvalue weighted by molar-refractivity contribution is 0.485. The molecule has 0 aromatic heterocycles. The molecule has 0 unspecified atom stereocenters. The second-order valence-electron chi connectivity index (χ2n) is 19.2. The lowest BCUT2D eigenvalue weighted by Crippen LogP contribution is -2.03. The number of hydrogen-bond donors (Lipinski definition) is 1. The molecule has 0 radical (unpaired) electrons. The Morgan fingerprint density at radius 1 is 0.191 bits per heavy atom. The fourth-order valence-corrected chi connectivity index (χ4v) is 4.89. The summed E-state index contributed by atoms with van der Waals surface area (Å²) in [5.41, 5.74) is 291. The van der Waals surface area contributed by atoms with E-state index < -0.39 is 26.5 Å². The van der Waals surface area contributed by atoms with Gasteiger partial charge >= 0.3 is 10.6 Å². The van der Waals surface area contributed by atoms with Gasteiger partial charge in [0.2, 0.25) is 0 Å². The smallest absolute Gasteiger partial charge is 0.425 e. The summed E-state index contributed by atoms with van der Waals surface area (Å²) in [5, 5.41) is 0. The molecule has 0 saturated heterocycles. The van der Waals surface area contributed by atoms with Gasteiger partial charge in [-0.05, 0) is 222 Å². The molecule has 0 aliphatic rings. The van der Waals surface area contributed by atoms with E-state index in [-0.39, 0.29) is 7.00 Å². The molecule has 0 bridgehead atoms. The maximum Gasteiger partial charge on any atom is 0.425 e. The van der Waals surface area contributed by atoms with E-state index in [9.17, 15) is 8.42 Å². The molecule has 620 valence electrons. The largest absolute Gasteiger partial charge is 1.00 e. The first-order valence-corrected chi connectivity index (χ1v) is 40.9. The highest BCUT2D eigenvalue weighted by Crippen LogP contribution is 1.94. The summed E-state index contributed by atoms with van der Waals surface area (Å²) in [6, 6.07) is 0. The van der Waals surface area contributed by atoms with Crippen LogP contribution < -0.4 is 0 Å². The van der Waals surface area contributed by atoms with E-state index in [0.717, 1.165) is 10.0 Å². The first-order valence-electron chi connectivity index (χ1n) is 36.8. The van der Waals surface area contributed by atoms with Gasteiger partial charge in [-0.2, -0.15) is 8.42 Å². The summed E-state index contributed by atoms with van der Waals surface area (Å²) in [6.45, 7) is 18.7. The first-order chi connectivity index (χ1) is 69.3. The summed E-state index contributed by atoms with van der Waals surface area (Å²) < 4.78 is 56.3. The topological polar surface area (TPSA) is 106 Å². The molecule has 0 heterocycles. The van der Waals surface area contributed by atoms with Gasteiger partial charge in [-0.15, -0.1) is 12.6 Å². The summed E-state index contributed by atoms with van der Waals surface area (Å²) in [6.07, 6.45) is 5.28. The van der Waals surface area contributed by atoms with Gasteiger partial charge in [0.05, 0.1) is 0 Å². The predicted molar refractivity (Wildman–Crippen MR) is 524 cm³/mol. The zero-order valence-electron chi connectivity index (χ0n) is 75.3. The van der Waals surface area contributed by atoms with E-state index in [2.05, 4.69) is 728 Å². The Kier molecular flexibility index (Phi) is 104. The van der Waals surface area contributed by atoms with Crippen LogP contribution in [0.5, 0.6) is 0 Å². The third-order valence-corrected chi connectivity index (χ3v) is 11.1. The fourth-order valence-electron chi connectivity index (χ4n) is 4.08. The molecule has 1 N–H and O–H groups in total. The normalized spacial score (nSPS) is 4.79. The fraction of sp³-hybridized carbons (Fsp3) is 0.0909. The predicted octanol–water partition coefficient (Wildman–Crippen LogP) is 23.2. The maximum absolute atomic E-state index is 10.7. The molecule has 0 fully saturated rings. The Hall–Kier alpha value is -25.8. The van der Waals surface area contributed by atoms with Crippen molar-refractivity contribution in [2.24, 2.45) is 0 Å². The molecule has 0 aromatic rings. The molecular formula is C132H36IO6S2-. The van der Waals surface area contributed by atoms with Crippen LogP contribution in [0.1, 0.15) is 68.7 Å². The van der Waals surface area contributed by atoms with E-state index in [0.29, 0.717) is 0 Å². The number of allylic oxidation sites excluding steroid dienone is 1. The number of alkyl halides is 1. The molecular weight excluding hydrogens is 1870 g/mol. The molecule has 0 spiro atoms. The van der Waals surface area contributed by atoms with Gasteiger partial charge in [0, 0.05) is 463 Å². The number of rotatable bonds is 5. The summed E-state index contributed by atoms with van der Waals surface area (Å²) in [5.74, 6) is -0.552. The van der Waals surface area contributed by atoms with Gasteiger partial charge in [0.15, 0.2) is 0 Å². The van der Waals surface area contributed by atoms with Crippen molar-refractivity contribution in [2.45, 2.75) is 67.2 Å². The average Bonchev–Trinajstić information content (AvgIpc) is 0.948. The minimum absolute atomic E-state index is 0. The van der Waals surface area contributed by atoms with Gasteiger partial charge in [-0.1, -0.05) is 98.9 Å². The minimum atomic E-state index is -4.12. The van der Waals surface area contributed by atoms with Crippen LogP contribution in [0.15, 0.2) is 689 Å². The van der Waals surface area contributed by atoms with Gasteiger partial charge in [0.25, 0.3) is 10.1 Å². The van der Waals surface area contributed by atoms with Gasteiger partial charge in [-0.3, -0.25) is 4.55 Å². The molecule has 141 heavy (non-hydrogen) atoms. The number of halogens is 1. The van der Waals surface area contributed by atoms with Crippen LogP contribution in [0, 0.1) is 0 Å². The third-order valence-electron chi connectivity index (χ3n) is 9.20. The van der Waals surface area contributed by atoms with Crippen LogP contribution >= 0.6 is 22.6 Å². The number of hydrogen-bond acceptors (Lipinski definition) is 5. The van der Waals surface area contributed by atoms with Crippen molar-refractivity contribution in [3.63, 3.8) is 0 Å². The molecule has 0 rings (SSSR count). The molecule has 0 amide bonds. The highest BCUT2D eigenvalue weighted by atomic mass is 127. The van der Waals surface area contributed by atoms with Crippen LogP contribution in [0.4, 0.5) is 0 Å². The van der Waals surface area contributed by atoms with Crippen molar-refractivity contribution >= 4 is 43.3 Å². The van der Waals surface area contributed by atoms with Crippen molar-refractivity contribution in [1.82, 2.24) is 0 Å². The Balaban J connectivity index is -0.000000580. The monoisotopic (exact) mass is 1910 g/mol. The van der Waals surface area contributed by atoms with Crippen molar-refractivity contribution in [1.29, 1.82) is 0 Å². The highest BCUT2D eigenvalue weighted by molar-refractivity contribution is 14.1. The van der Waals surface area contributed by atoms with E-state index in [1.165, 1.54) is 32.6 Å². The van der Waals surface area contributed by atoms with Crippen molar-refractivity contribution in [3.05, 3.63) is 689 Å². The maximum atomic E-state index is 10.7. The number of unbranched alkanes of at least 4 members (excludes halogenated alkanes) is 2. The molecule has 0 aliphatic carbocycles. The molecule has 9 heteroatoms. The zero-order valence-corrected chi connectivity index (χ0v) is 78.1. The van der Waals surface area contributed by atoms with Gasteiger partial charge < -0.3 is 1.43 Å². The van der Waals surface area contributed by atoms with E-state index in [1.54, 1.807) is 0 Å². The van der Waals surface area contributed by atoms with E-state index >= 15 is 0 Å². The zero-order chi connectivity index (χ0) is 103. The second-order valence-corrected chi connectivity index (χ2v) is 21.9. The highest BCUT2D eigenvalue weighted by Gasteiger charge is 2.03. The van der Waals surface area contributed by atoms with Crippen LogP contribution in [0.25, 0.3) is 0 Å². The van der Waals surface area contributed by atoms with E-state index in [4.69, 9.17) is 17.2 Å². The van der Waals surface area contributed by atoms with Crippen molar-refractivity contribution in [3.8, 4) is 0 Å².